The van der Waals surface area contributed by atoms with E-state index in [0.717, 1.165) is 5.56 Å². The second-order valence-corrected chi connectivity index (χ2v) is 9.23. The molecule has 0 bridgehead atoms. The van der Waals surface area contributed by atoms with Gasteiger partial charge in [-0.2, -0.15) is 5.26 Å². The van der Waals surface area contributed by atoms with E-state index in [1.807, 2.05) is 6.07 Å². The number of nitriles is 1. The molecule has 1 aliphatic heterocycles. The third kappa shape index (κ3) is 6.64. The summed E-state index contributed by atoms with van der Waals surface area (Å²) < 4.78 is 10.9. The van der Waals surface area contributed by atoms with Crippen LogP contribution in [0.15, 0.2) is 16.6 Å². The molecule has 0 spiro atoms. The lowest BCUT2D eigenvalue weighted by molar-refractivity contribution is -0.162. The first-order valence-corrected chi connectivity index (χ1v) is 11.1. The quantitative estimate of drug-likeness (QED) is 0.265. The van der Waals surface area contributed by atoms with Crippen molar-refractivity contribution in [1.82, 2.24) is 5.32 Å². The van der Waals surface area contributed by atoms with Crippen LogP contribution < -0.4 is 15.5 Å². The van der Waals surface area contributed by atoms with Crippen molar-refractivity contribution in [3.63, 3.8) is 0 Å². The first kappa shape index (κ1) is 25.5. The van der Waals surface area contributed by atoms with Gasteiger partial charge in [0.15, 0.2) is 5.11 Å². The van der Waals surface area contributed by atoms with Gasteiger partial charge in [-0.25, -0.2) is 4.79 Å². The standard InChI is InChI=1S/C21H25BrN4O5S/c1-5-30-20(29)25-19(32)24-15-11-16-12(10-14(15)22)6-7-13(17(27)26(16)9-8-23)18(28)31-21(2,3)4/h10-11,13H,5-7,9H2,1-4H3,(H2,24,25,29,32). The van der Waals surface area contributed by atoms with Gasteiger partial charge in [-0.15, -0.1) is 0 Å². The Bertz CT molecular complexity index is 970. The van der Waals surface area contributed by atoms with Gasteiger partial charge in [-0.3, -0.25) is 19.8 Å². The summed E-state index contributed by atoms with van der Waals surface area (Å²) in [6.45, 7) is 6.83. The van der Waals surface area contributed by atoms with E-state index >= 15 is 0 Å². The molecule has 0 aliphatic carbocycles. The SMILES string of the molecule is CCOC(=O)NC(=S)Nc1cc2c(cc1Br)CCC(C(=O)OC(C)(C)C)C(=O)N2CC#N. The number of ether oxygens (including phenoxy) is 2. The average Bonchev–Trinajstić information content (AvgIpc) is 2.78. The molecule has 0 saturated heterocycles. The Morgan fingerprint density at radius 2 is 2.06 bits per heavy atom. The van der Waals surface area contributed by atoms with Gasteiger partial charge in [0.25, 0.3) is 0 Å². The number of thiocarbonyl (C=S) groups is 1. The number of anilines is 2. The summed E-state index contributed by atoms with van der Waals surface area (Å²) in [6, 6.07) is 5.42. The number of nitrogens with zero attached hydrogens (tertiary/aromatic N) is 2. The van der Waals surface area contributed by atoms with Gasteiger partial charge in [0.05, 0.1) is 24.1 Å². The van der Waals surface area contributed by atoms with E-state index in [-0.39, 0.29) is 24.7 Å². The summed E-state index contributed by atoms with van der Waals surface area (Å²) in [5.74, 6) is -2.13. The zero-order valence-corrected chi connectivity index (χ0v) is 20.7. The molecule has 11 heteroatoms. The number of hydrogen-bond acceptors (Lipinski definition) is 7. The lowest BCUT2D eigenvalue weighted by atomic mass is 10.00. The fourth-order valence-electron chi connectivity index (χ4n) is 3.12. The number of aryl methyl sites for hydroxylation is 1. The number of carbonyl (C=O) groups excluding carboxylic acids is 3. The van der Waals surface area contributed by atoms with Crippen molar-refractivity contribution in [3.8, 4) is 6.07 Å². The molecule has 1 atom stereocenters. The number of nitrogens with one attached hydrogen (secondary N) is 2. The van der Waals surface area contributed by atoms with Crippen LogP contribution in [0.25, 0.3) is 0 Å². The zero-order chi connectivity index (χ0) is 24.1. The highest BCUT2D eigenvalue weighted by Gasteiger charge is 2.38. The maximum atomic E-state index is 13.2. The van der Waals surface area contributed by atoms with Gasteiger partial charge in [-0.05, 0) is 86.4 Å². The Balaban J connectivity index is 2.35. The minimum absolute atomic E-state index is 0.00233. The summed E-state index contributed by atoms with van der Waals surface area (Å²) >= 11 is 8.59. The first-order chi connectivity index (χ1) is 15.0. The summed E-state index contributed by atoms with van der Waals surface area (Å²) in [5, 5.41) is 14.6. The normalized spacial score (nSPS) is 15.7. The van der Waals surface area contributed by atoms with E-state index in [1.165, 1.54) is 4.90 Å². The molecule has 1 aliphatic rings. The Labute approximate surface area is 200 Å². The third-order valence-electron chi connectivity index (χ3n) is 4.38. The number of hydrogen-bond donors (Lipinski definition) is 2. The van der Waals surface area contributed by atoms with Crippen LogP contribution in [-0.2, 0) is 25.5 Å². The molecule has 9 nitrogen and oxygen atoms in total. The van der Waals surface area contributed by atoms with E-state index in [9.17, 15) is 19.6 Å². The molecular formula is C21H25BrN4O5S. The van der Waals surface area contributed by atoms with Crippen molar-refractivity contribution in [3.05, 3.63) is 22.2 Å². The summed E-state index contributed by atoms with van der Waals surface area (Å²) in [4.78, 5) is 38.7. The molecule has 0 radical (unpaired) electrons. The molecule has 1 aromatic carbocycles. The van der Waals surface area contributed by atoms with Crippen LogP contribution in [0.5, 0.6) is 0 Å². The fraction of sp³-hybridized carbons (Fsp3) is 0.476. The maximum absolute atomic E-state index is 13.2. The molecule has 1 aromatic rings. The molecule has 172 valence electrons. The molecular weight excluding hydrogens is 500 g/mol. The van der Waals surface area contributed by atoms with Crippen LogP contribution in [0.3, 0.4) is 0 Å². The number of halogens is 1. The van der Waals surface area contributed by atoms with Gasteiger partial charge >= 0.3 is 12.1 Å². The maximum Gasteiger partial charge on any atom is 0.413 e. The Hall–Kier alpha value is -2.71. The van der Waals surface area contributed by atoms with Crippen molar-refractivity contribution >= 4 is 62.6 Å². The van der Waals surface area contributed by atoms with Crippen LogP contribution in [0, 0.1) is 17.2 Å². The van der Waals surface area contributed by atoms with Crippen LogP contribution in [0.1, 0.15) is 39.7 Å². The van der Waals surface area contributed by atoms with Gasteiger partial charge in [0.2, 0.25) is 5.91 Å². The lowest BCUT2D eigenvalue weighted by Crippen LogP contribution is -2.41. The van der Waals surface area contributed by atoms with Crippen LogP contribution >= 0.6 is 28.1 Å². The molecule has 32 heavy (non-hydrogen) atoms. The van der Waals surface area contributed by atoms with Crippen molar-refractivity contribution in [1.29, 1.82) is 5.26 Å². The molecule has 0 aromatic heterocycles. The smallest absolute Gasteiger partial charge is 0.413 e. The van der Waals surface area contributed by atoms with Crippen LogP contribution in [0.4, 0.5) is 16.2 Å². The lowest BCUT2D eigenvalue weighted by Gasteiger charge is -2.26. The average molecular weight is 525 g/mol. The zero-order valence-electron chi connectivity index (χ0n) is 18.3. The number of rotatable bonds is 4. The van der Waals surface area contributed by atoms with Crippen molar-refractivity contribution in [2.24, 2.45) is 5.92 Å². The third-order valence-corrected chi connectivity index (χ3v) is 5.25. The first-order valence-electron chi connectivity index (χ1n) is 9.95. The van der Waals surface area contributed by atoms with Gasteiger partial charge in [0, 0.05) is 4.47 Å². The molecule has 0 saturated carbocycles. The summed E-state index contributed by atoms with van der Waals surface area (Å²) in [7, 11) is 0. The minimum Gasteiger partial charge on any atom is -0.459 e. The Kier molecular flexibility index (Phi) is 8.58. The number of amides is 2. The molecule has 2 rings (SSSR count). The van der Waals surface area contributed by atoms with Crippen molar-refractivity contribution in [2.45, 2.75) is 46.1 Å². The fourth-order valence-corrected chi connectivity index (χ4v) is 3.80. The minimum atomic E-state index is -1.02. The van der Waals surface area contributed by atoms with Gasteiger partial charge < -0.3 is 14.8 Å². The number of alkyl carbamates (subject to hydrolysis) is 1. The Morgan fingerprint density at radius 3 is 2.66 bits per heavy atom. The molecule has 1 heterocycles. The van der Waals surface area contributed by atoms with E-state index in [0.29, 0.717) is 22.3 Å². The number of fused-ring (bicyclic) bond motifs is 1. The molecule has 2 amide bonds. The summed E-state index contributed by atoms with van der Waals surface area (Å²) in [5.41, 5.74) is 0.990. The van der Waals surface area contributed by atoms with Gasteiger partial charge in [0.1, 0.15) is 18.1 Å². The summed E-state index contributed by atoms with van der Waals surface area (Å²) in [6.07, 6.45) is -0.0143. The highest BCUT2D eigenvalue weighted by atomic mass is 79.9. The molecule has 1 unspecified atom stereocenters. The number of esters is 1. The second kappa shape index (κ2) is 10.7. The predicted octanol–water partition coefficient (Wildman–Crippen LogP) is 3.65. The monoisotopic (exact) mass is 524 g/mol. The predicted molar refractivity (Wildman–Crippen MR) is 126 cm³/mol. The molecule has 0 fully saturated rings. The van der Waals surface area contributed by atoms with E-state index in [4.69, 9.17) is 21.7 Å². The van der Waals surface area contributed by atoms with Crippen molar-refractivity contribution < 1.29 is 23.9 Å². The van der Waals surface area contributed by atoms with E-state index in [1.54, 1.807) is 39.8 Å². The van der Waals surface area contributed by atoms with Crippen LogP contribution in [0.2, 0.25) is 0 Å². The van der Waals surface area contributed by atoms with Gasteiger partial charge in [-0.1, -0.05) is 0 Å². The Morgan fingerprint density at radius 1 is 1.38 bits per heavy atom. The van der Waals surface area contributed by atoms with Crippen LogP contribution in [-0.4, -0.2) is 41.8 Å². The largest absolute Gasteiger partial charge is 0.459 e. The highest BCUT2D eigenvalue weighted by Crippen LogP contribution is 2.36. The van der Waals surface area contributed by atoms with E-state index < -0.39 is 29.5 Å². The number of benzene rings is 1. The molecule has 2 N–H and O–H groups in total. The van der Waals surface area contributed by atoms with E-state index in [2.05, 4.69) is 26.6 Å². The topological polar surface area (TPSA) is 121 Å². The van der Waals surface area contributed by atoms with Crippen molar-refractivity contribution in [2.75, 3.05) is 23.4 Å². The highest BCUT2D eigenvalue weighted by molar-refractivity contribution is 9.10. The second-order valence-electron chi connectivity index (χ2n) is 7.97. The number of carbonyl (C=O) groups is 3.